The summed E-state index contributed by atoms with van der Waals surface area (Å²) in [6.45, 7) is 4.86. The molecule has 1 aromatic rings. The van der Waals surface area contributed by atoms with Gasteiger partial charge in [-0.15, -0.1) is 24.8 Å². The molecule has 2 nitrogen and oxygen atoms in total. The van der Waals surface area contributed by atoms with E-state index in [0.29, 0.717) is 0 Å². The number of hydrogen-bond donors (Lipinski definition) is 1. The Labute approximate surface area is 122 Å². The highest BCUT2D eigenvalue weighted by atomic mass is 35.5. The molecule has 1 N–H and O–H groups in total. The summed E-state index contributed by atoms with van der Waals surface area (Å²) in [5.41, 5.74) is 1.45. The van der Waals surface area contributed by atoms with Crippen molar-refractivity contribution in [1.82, 2.24) is 10.2 Å². The average molecular weight is 289 g/mol. The highest BCUT2D eigenvalue weighted by Gasteiger charge is 2.33. The van der Waals surface area contributed by atoms with E-state index in [1.165, 1.54) is 38.0 Å². The van der Waals surface area contributed by atoms with Gasteiger partial charge in [0.05, 0.1) is 0 Å². The van der Waals surface area contributed by atoms with Gasteiger partial charge in [0.25, 0.3) is 0 Å². The zero-order valence-corrected chi connectivity index (χ0v) is 12.2. The van der Waals surface area contributed by atoms with E-state index in [1.807, 2.05) is 0 Å². The van der Waals surface area contributed by atoms with Crippen molar-refractivity contribution in [3.63, 3.8) is 0 Å². The second-order valence-electron chi connectivity index (χ2n) is 5.14. The Morgan fingerprint density at radius 3 is 2.61 bits per heavy atom. The van der Waals surface area contributed by atoms with Gasteiger partial charge in [-0.25, -0.2) is 0 Å². The molecule has 0 aliphatic carbocycles. The molecule has 0 radical (unpaired) electrons. The van der Waals surface area contributed by atoms with Crippen molar-refractivity contribution in [3.8, 4) is 0 Å². The number of fused-ring (bicyclic) bond motifs is 1. The number of likely N-dealkylation sites (tertiary alicyclic amines) is 1. The first-order valence-corrected chi connectivity index (χ1v) is 6.41. The van der Waals surface area contributed by atoms with Crippen LogP contribution in [0.15, 0.2) is 30.3 Å². The third kappa shape index (κ3) is 3.61. The highest BCUT2D eigenvalue weighted by Crippen LogP contribution is 2.25. The van der Waals surface area contributed by atoms with Crippen LogP contribution in [0.25, 0.3) is 0 Å². The third-order valence-electron chi connectivity index (χ3n) is 3.92. The molecule has 2 fully saturated rings. The van der Waals surface area contributed by atoms with Crippen molar-refractivity contribution >= 4 is 24.8 Å². The van der Waals surface area contributed by atoms with Crippen LogP contribution in [-0.2, 0) is 6.54 Å². The Bertz CT molecular complexity index is 331. The van der Waals surface area contributed by atoms with Gasteiger partial charge in [-0.05, 0) is 30.9 Å². The Kier molecular flexibility index (Phi) is 6.44. The Morgan fingerprint density at radius 2 is 1.89 bits per heavy atom. The summed E-state index contributed by atoms with van der Waals surface area (Å²) in [4.78, 5) is 2.60. The van der Waals surface area contributed by atoms with Crippen molar-refractivity contribution in [3.05, 3.63) is 35.9 Å². The first kappa shape index (κ1) is 15.8. The van der Waals surface area contributed by atoms with Gasteiger partial charge >= 0.3 is 0 Å². The summed E-state index contributed by atoms with van der Waals surface area (Å²) < 4.78 is 0. The van der Waals surface area contributed by atoms with E-state index >= 15 is 0 Å². The van der Waals surface area contributed by atoms with E-state index < -0.39 is 0 Å². The number of rotatable bonds is 2. The predicted molar refractivity (Wildman–Crippen MR) is 80.7 cm³/mol. The molecule has 0 aromatic heterocycles. The van der Waals surface area contributed by atoms with Gasteiger partial charge in [-0.2, -0.15) is 0 Å². The van der Waals surface area contributed by atoms with Crippen molar-refractivity contribution < 1.29 is 0 Å². The fraction of sp³-hybridized carbons (Fsp3) is 0.571. The van der Waals surface area contributed by atoms with E-state index in [1.54, 1.807) is 0 Å². The smallest absolute Gasteiger partial charge is 0.0235 e. The number of nitrogens with one attached hydrogen (secondary N) is 1. The normalized spacial score (nSPS) is 26.9. The maximum absolute atomic E-state index is 3.66. The lowest BCUT2D eigenvalue weighted by Crippen LogP contribution is -2.40. The summed E-state index contributed by atoms with van der Waals surface area (Å²) in [6, 6.07) is 11.6. The molecule has 2 saturated heterocycles. The number of nitrogens with zero attached hydrogens (tertiary/aromatic N) is 1. The van der Waals surface area contributed by atoms with Crippen LogP contribution in [0.4, 0.5) is 0 Å². The van der Waals surface area contributed by atoms with Crippen LogP contribution in [0.5, 0.6) is 0 Å². The zero-order valence-electron chi connectivity index (χ0n) is 10.5. The van der Waals surface area contributed by atoms with Crippen LogP contribution in [-0.4, -0.2) is 30.6 Å². The minimum atomic E-state index is 0. The van der Waals surface area contributed by atoms with E-state index in [2.05, 4.69) is 40.5 Å². The molecule has 4 heteroatoms. The minimum Gasteiger partial charge on any atom is -0.312 e. The second-order valence-corrected chi connectivity index (χ2v) is 5.14. The third-order valence-corrected chi connectivity index (χ3v) is 3.92. The van der Waals surface area contributed by atoms with Gasteiger partial charge < -0.3 is 5.32 Å². The van der Waals surface area contributed by atoms with Crippen LogP contribution >= 0.6 is 24.8 Å². The summed E-state index contributed by atoms with van der Waals surface area (Å²) in [6.07, 6.45) is 2.78. The first-order valence-electron chi connectivity index (χ1n) is 6.41. The van der Waals surface area contributed by atoms with Crippen molar-refractivity contribution in [2.24, 2.45) is 5.92 Å². The van der Waals surface area contributed by atoms with Crippen LogP contribution in [0.3, 0.4) is 0 Å². The molecular formula is C14H22Cl2N2. The Morgan fingerprint density at radius 1 is 1.11 bits per heavy atom. The molecule has 2 aliphatic heterocycles. The van der Waals surface area contributed by atoms with Crippen molar-refractivity contribution in [1.29, 1.82) is 0 Å². The predicted octanol–water partition coefficient (Wildman–Crippen LogP) is 2.71. The van der Waals surface area contributed by atoms with Gasteiger partial charge in [0.15, 0.2) is 0 Å². The largest absolute Gasteiger partial charge is 0.312 e. The molecule has 2 heterocycles. The summed E-state index contributed by atoms with van der Waals surface area (Å²) >= 11 is 0. The van der Waals surface area contributed by atoms with Crippen LogP contribution in [0.1, 0.15) is 18.4 Å². The fourth-order valence-electron chi connectivity index (χ4n) is 3.11. The topological polar surface area (TPSA) is 15.3 Å². The molecule has 0 bridgehead atoms. The van der Waals surface area contributed by atoms with Crippen molar-refractivity contribution in [2.75, 3.05) is 19.6 Å². The monoisotopic (exact) mass is 288 g/mol. The number of benzene rings is 1. The van der Waals surface area contributed by atoms with Crippen molar-refractivity contribution in [2.45, 2.75) is 25.4 Å². The average Bonchev–Trinajstić information content (AvgIpc) is 2.72. The molecule has 0 unspecified atom stereocenters. The van der Waals surface area contributed by atoms with E-state index in [-0.39, 0.29) is 24.8 Å². The van der Waals surface area contributed by atoms with Gasteiger partial charge in [0, 0.05) is 25.7 Å². The number of halogens is 2. The summed E-state index contributed by atoms with van der Waals surface area (Å²) in [5.74, 6) is 0.900. The van der Waals surface area contributed by atoms with Gasteiger partial charge in [0.1, 0.15) is 0 Å². The van der Waals surface area contributed by atoms with Gasteiger partial charge in [-0.1, -0.05) is 30.3 Å². The molecule has 3 rings (SSSR count). The van der Waals surface area contributed by atoms with Crippen LogP contribution < -0.4 is 5.32 Å². The standard InChI is InChI=1S/C14H20N2.2ClH/c1-2-5-12(6-3-1)9-16-10-13-7-4-8-15-14(13)11-16;;/h1-3,5-6,13-15H,4,7-11H2;2*1H/t13-,14+;;/m0../s1. The number of piperidine rings is 1. The van der Waals surface area contributed by atoms with E-state index in [0.717, 1.165) is 18.5 Å². The molecule has 0 saturated carbocycles. The summed E-state index contributed by atoms with van der Waals surface area (Å²) in [5, 5.41) is 3.66. The quantitative estimate of drug-likeness (QED) is 0.900. The summed E-state index contributed by atoms with van der Waals surface area (Å²) in [7, 11) is 0. The Balaban J connectivity index is 0.000000810. The zero-order chi connectivity index (χ0) is 10.8. The lowest BCUT2D eigenvalue weighted by atomic mass is 9.94. The first-order chi connectivity index (χ1) is 7.92. The molecular weight excluding hydrogens is 267 g/mol. The van der Waals surface area contributed by atoms with E-state index in [4.69, 9.17) is 0 Å². The Hall–Kier alpha value is -0.280. The molecule has 2 atom stereocenters. The number of hydrogen-bond acceptors (Lipinski definition) is 2. The molecule has 0 amide bonds. The second kappa shape index (κ2) is 7.34. The maximum Gasteiger partial charge on any atom is 0.0235 e. The van der Waals surface area contributed by atoms with Crippen LogP contribution in [0, 0.1) is 5.92 Å². The molecule has 18 heavy (non-hydrogen) atoms. The maximum atomic E-state index is 3.66. The van der Waals surface area contributed by atoms with Gasteiger partial charge in [-0.3, -0.25) is 4.90 Å². The highest BCUT2D eigenvalue weighted by molar-refractivity contribution is 5.85. The minimum absolute atomic E-state index is 0. The lowest BCUT2D eigenvalue weighted by molar-refractivity contribution is 0.312. The fourth-order valence-corrected chi connectivity index (χ4v) is 3.11. The SMILES string of the molecule is Cl.Cl.c1ccc(CN2C[C@@H]3CCCN[C@@H]3C2)cc1. The van der Waals surface area contributed by atoms with E-state index in [9.17, 15) is 0 Å². The molecule has 1 aromatic carbocycles. The lowest BCUT2D eigenvalue weighted by Gasteiger charge is -2.24. The molecule has 102 valence electrons. The molecule has 2 aliphatic rings. The van der Waals surface area contributed by atoms with Gasteiger partial charge in [0.2, 0.25) is 0 Å². The molecule has 0 spiro atoms. The van der Waals surface area contributed by atoms with Crippen LogP contribution in [0.2, 0.25) is 0 Å².